The smallest absolute Gasteiger partial charge is 0.290 e. The van der Waals surface area contributed by atoms with E-state index < -0.39 is 0 Å². The lowest BCUT2D eigenvalue weighted by Crippen LogP contribution is -2.22. The lowest BCUT2D eigenvalue weighted by molar-refractivity contribution is -0.122. The van der Waals surface area contributed by atoms with Crippen molar-refractivity contribution < 1.29 is 19.4 Å². The van der Waals surface area contributed by atoms with Crippen molar-refractivity contribution in [1.29, 1.82) is 0 Å². The molecule has 0 bridgehead atoms. The van der Waals surface area contributed by atoms with Gasteiger partial charge in [-0.1, -0.05) is 6.92 Å². The summed E-state index contributed by atoms with van der Waals surface area (Å²) in [5.41, 5.74) is 9.04. The first-order chi connectivity index (χ1) is 15.6. The minimum atomic E-state index is -0.250. The highest BCUT2D eigenvalue weighted by Crippen LogP contribution is 2.36. The summed E-state index contributed by atoms with van der Waals surface area (Å²) < 4.78 is 11.7. The van der Waals surface area contributed by atoms with Crippen LogP contribution in [-0.2, 0) is 9.53 Å². The van der Waals surface area contributed by atoms with E-state index in [2.05, 4.69) is 22.9 Å². The molecular weight excluding hydrogens is 408 g/mol. The molecule has 3 heterocycles. The second-order valence-electron chi connectivity index (χ2n) is 8.01. The number of aromatic nitrogens is 2. The number of pyridine rings is 2. The molecule has 1 aliphatic heterocycles. The number of ether oxygens (including phenoxy) is 2. The van der Waals surface area contributed by atoms with Gasteiger partial charge in [0.25, 0.3) is 6.47 Å². The van der Waals surface area contributed by atoms with Crippen LogP contribution in [0, 0.1) is 0 Å². The second kappa shape index (κ2) is 11.6. The van der Waals surface area contributed by atoms with Gasteiger partial charge in [-0.05, 0) is 56.6 Å². The van der Waals surface area contributed by atoms with Gasteiger partial charge in [-0.2, -0.15) is 0 Å². The molecule has 1 fully saturated rings. The number of methoxy groups -OCH3 is 1. The van der Waals surface area contributed by atoms with E-state index in [1.54, 1.807) is 13.3 Å². The third-order valence-corrected chi connectivity index (χ3v) is 5.74. The third-order valence-electron chi connectivity index (χ3n) is 5.74. The van der Waals surface area contributed by atoms with E-state index in [1.807, 2.05) is 18.2 Å². The van der Waals surface area contributed by atoms with Crippen molar-refractivity contribution in [2.45, 2.75) is 32.1 Å². The van der Waals surface area contributed by atoms with Gasteiger partial charge < -0.3 is 25.2 Å². The highest BCUT2D eigenvalue weighted by atomic mass is 16.5. The normalized spacial score (nSPS) is 14.8. The maximum absolute atomic E-state index is 8.36. The predicted octanol–water partition coefficient (Wildman–Crippen LogP) is 3.68. The molecule has 1 unspecified atom stereocenters. The molecule has 8 heteroatoms. The zero-order valence-electron chi connectivity index (χ0n) is 18.8. The molecule has 0 aliphatic carbocycles. The van der Waals surface area contributed by atoms with E-state index in [9.17, 15) is 0 Å². The molecule has 0 amide bonds. The molecule has 2 aromatic heterocycles. The fourth-order valence-corrected chi connectivity index (χ4v) is 4.30. The molecule has 1 aromatic carbocycles. The van der Waals surface area contributed by atoms with Crippen LogP contribution in [0.3, 0.4) is 0 Å². The number of fused-ring (bicyclic) bond motifs is 2. The topological polar surface area (TPSA) is 111 Å². The van der Waals surface area contributed by atoms with E-state index in [-0.39, 0.29) is 12.4 Å². The first-order valence-electron chi connectivity index (χ1n) is 11.0. The second-order valence-corrected chi connectivity index (χ2v) is 8.01. The van der Waals surface area contributed by atoms with Crippen LogP contribution in [0.15, 0.2) is 30.5 Å². The van der Waals surface area contributed by atoms with E-state index in [0.29, 0.717) is 19.0 Å². The van der Waals surface area contributed by atoms with Crippen LogP contribution in [0.4, 0.5) is 5.82 Å². The van der Waals surface area contributed by atoms with Gasteiger partial charge in [0.2, 0.25) is 0 Å². The van der Waals surface area contributed by atoms with Crippen molar-refractivity contribution in [1.82, 2.24) is 14.9 Å². The monoisotopic (exact) mass is 440 g/mol. The van der Waals surface area contributed by atoms with E-state index in [4.69, 9.17) is 30.1 Å². The molecule has 1 aliphatic rings. The Kier molecular flexibility index (Phi) is 8.58. The SMILES string of the molecule is COCC(C)c1c(OCCCN2CCCC2)ccc2nc3ccnc(N)c3cc12.O=CO. The van der Waals surface area contributed by atoms with Crippen LogP contribution in [0.2, 0.25) is 0 Å². The fourth-order valence-electron chi connectivity index (χ4n) is 4.30. The van der Waals surface area contributed by atoms with Gasteiger partial charge in [0, 0.05) is 42.1 Å². The summed E-state index contributed by atoms with van der Waals surface area (Å²) in [6.07, 6.45) is 5.37. The van der Waals surface area contributed by atoms with Gasteiger partial charge in [0.05, 0.1) is 24.2 Å². The largest absolute Gasteiger partial charge is 0.493 e. The Morgan fingerprint density at radius 2 is 1.94 bits per heavy atom. The Hall–Kier alpha value is -2.97. The maximum Gasteiger partial charge on any atom is 0.290 e. The number of nitrogens with zero attached hydrogens (tertiary/aromatic N) is 3. The summed E-state index contributed by atoms with van der Waals surface area (Å²) in [4.78, 5) is 19.9. The van der Waals surface area contributed by atoms with Gasteiger partial charge in [0.15, 0.2) is 0 Å². The van der Waals surface area contributed by atoms with Gasteiger partial charge in [-0.3, -0.25) is 4.79 Å². The number of carboxylic acid groups (broad SMARTS) is 1. The van der Waals surface area contributed by atoms with Crippen molar-refractivity contribution in [3.05, 3.63) is 36.0 Å². The molecule has 4 rings (SSSR count). The quantitative estimate of drug-likeness (QED) is 0.310. The zero-order valence-corrected chi connectivity index (χ0v) is 18.8. The Balaban J connectivity index is 0.000000913. The lowest BCUT2D eigenvalue weighted by atomic mass is 9.95. The predicted molar refractivity (Wildman–Crippen MR) is 126 cm³/mol. The molecule has 0 radical (unpaired) electrons. The minimum Gasteiger partial charge on any atom is -0.493 e. The van der Waals surface area contributed by atoms with Crippen LogP contribution in [0.25, 0.3) is 21.8 Å². The number of carbonyl (C=O) groups is 1. The van der Waals surface area contributed by atoms with Gasteiger partial charge in [0.1, 0.15) is 11.6 Å². The van der Waals surface area contributed by atoms with Gasteiger partial charge >= 0.3 is 0 Å². The summed E-state index contributed by atoms with van der Waals surface area (Å²) >= 11 is 0. The van der Waals surface area contributed by atoms with Crippen molar-refractivity contribution in [2.75, 3.05) is 45.7 Å². The Morgan fingerprint density at radius 3 is 2.66 bits per heavy atom. The molecule has 0 spiro atoms. The van der Waals surface area contributed by atoms with Crippen LogP contribution in [-0.4, -0.2) is 66.4 Å². The van der Waals surface area contributed by atoms with Crippen molar-refractivity contribution in [3.63, 3.8) is 0 Å². The molecule has 8 nitrogen and oxygen atoms in total. The summed E-state index contributed by atoms with van der Waals surface area (Å²) in [7, 11) is 1.73. The van der Waals surface area contributed by atoms with E-state index in [1.165, 1.54) is 25.9 Å². The number of likely N-dealkylation sites (tertiary alicyclic amines) is 1. The highest BCUT2D eigenvalue weighted by molar-refractivity contribution is 5.99. The average molecular weight is 441 g/mol. The molecule has 0 saturated carbocycles. The summed E-state index contributed by atoms with van der Waals surface area (Å²) in [6, 6.07) is 8.07. The maximum atomic E-state index is 8.36. The number of hydrogen-bond acceptors (Lipinski definition) is 7. The van der Waals surface area contributed by atoms with Crippen LogP contribution in [0.5, 0.6) is 5.75 Å². The van der Waals surface area contributed by atoms with Crippen molar-refractivity contribution >= 4 is 34.1 Å². The molecule has 1 atom stereocenters. The summed E-state index contributed by atoms with van der Waals surface area (Å²) in [6.45, 7) is 6.78. The lowest BCUT2D eigenvalue weighted by Gasteiger charge is -2.20. The number of nitrogens with two attached hydrogens (primary N) is 1. The van der Waals surface area contributed by atoms with Crippen LogP contribution in [0.1, 0.15) is 37.7 Å². The first-order valence-corrected chi connectivity index (χ1v) is 11.0. The zero-order chi connectivity index (χ0) is 22.9. The van der Waals surface area contributed by atoms with E-state index in [0.717, 1.165) is 46.1 Å². The number of anilines is 1. The van der Waals surface area contributed by atoms with Crippen LogP contribution < -0.4 is 10.5 Å². The number of hydrogen-bond donors (Lipinski definition) is 2. The first kappa shape index (κ1) is 23.7. The number of rotatable bonds is 8. The number of benzene rings is 1. The average Bonchev–Trinajstić information content (AvgIpc) is 3.30. The molecule has 172 valence electrons. The fraction of sp³-hybridized carbons (Fsp3) is 0.458. The van der Waals surface area contributed by atoms with Gasteiger partial charge in [-0.15, -0.1) is 0 Å². The van der Waals surface area contributed by atoms with Crippen LogP contribution >= 0.6 is 0 Å². The molecule has 3 N–H and O–H groups in total. The Labute approximate surface area is 188 Å². The highest BCUT2D eigenvalue weighted by Gasteiger charge is 2.18. The minimum absolute atomic E-state index is 0.175. The van der Waals surface area contributed by atoms with Crippen molar-refractivity contribution in [3.8, 4) is 5.75 Å². The molecule has 32 heavy (non-hydrogen) atoms. The number of nitrogen functional groups attached to an aromatic ring is 1. The standard InChI is InChI=1S/C23H30N4O2.CH2O2/c1-16(15-28-2)22-17-14-18-20(8-9-25-23(18)24)26-19(17)6-7-21(22)29-13-5-12-27-10-3-4-11-27;2-1-3/h6-9,14,16H,3-5,10-13,15H2,1-2H3,(H2,24,25);1H,(H,2,3). The van der Waals surface area contributed by atoms with Gasteiger partial charge in [-0.25, -0.2) is 9.97 Å². The molecular formula is C24H32N4O4. The van der Waals surface area contributed by atoms with E-state index >= 15 is 0 Å². The molecule has 3 aromatic rings. The van der Waals surface area contributed by atoms with Crippen molar-refractivity contribution in [2.24, 2.45) is 0 Å². The Morgan fingerprint density at radius 1 is 1.22 bits per heavy atom. The summed E-state index contributed by atoms with van der Waals surface area (Å²) in [5.74, 6) is 1.58. The Bertz CT molecular complexity index is 1040. The molecule has 1 saturated heterocycles. The third kappa shape index (κ3) is 5.63. The summed E-state index contributed by atoms with van der Waals surface area (Å²) in [5, 5.41) is 8.82.